The summed E-state index contributed by atoms with van der Waals surface area (Å²) < 4.78 is 5.42. The molecule has 148 valence electrons. The summed E-state index contributed by atoms with van der Waals surface area (Å²) in [5, 5.41) is 5.69. The van der Waals surface area contributed by atoms with Crippen LogP contribution in [0.1, 0.15) is 49.5 Å². The van der Waals surface area contributed by atoms with Crippen molar-refractivity contribution in [3.8, 4) is 0 Å². The van der Waals surface area contributed by atoms with E-state index in [1.807, 2.05) is 36.4 Å². The fourth-order valence-corrected chi connectivity index (χ4v) is 2.81. The van der Waals surface area contributed by atoms with Crippen molar-refractivity contribution in [3.63, 3.8) is 0 Å². The topological polar surface area (TPSA) is 67.4 Å². The van der Waals surface area contributed by atoms with Gasteiger partial charge < -0.3 is 15.4 Å². The van der Waals surface area contributed by atoms with Gasteiger partial charge in [0.2, 0.25) is 5.91 Å². The summed E-state index contributed by atoms with van der Waals surface area (Å²) in [6, 6.07) is 14.7. The number of nitrogens with one attached hydrogen (secondary N) is 2. The summed E-state index contributed by atoms with van der Waals surface area (Å²) >= 11 is 0. The highest BCUT2D eigenvalue weighted by Crippen LogP contribution is 2.29. The molecule has 0 atom stereocenters. The third-order valence-electron chi connectivity index (χ3n) is 4.75. The minimum absolute atomic E-state index is 0.0209. The van der Waals surface area contributed by atoms with Gasteiger partial charge in [-0.3, -0.25) is 9.59 Å². The lowest BCUT2D eigenvalue weighted by Gasteiger charge is -2.19. The number of carbonyl (C=O) groups excluding carboxylic acids is 2. The van der Waals surface area contributed by atoms with E-state index in [1.54, 1.807) is 12.1 Å². The summed E-state index contributed by atoms with van der Waals surface area (Å²) in [7, 11) is 0. The molecule has 3 rings (SSSR count). The maximum absolute atomic E-state index is 12.6. The molecule has 0 spiro atoms. The van der Waals surface area contributed by atoms with E-state index in [-0.39, 0.29) is 23.8 Å². The fraction of sp³-hybridized carbons (Fsp3) is 0.391. The largest absolute Gasteiger partial charge is 0.371 e. The van der Waals surface area contributed by atoms with Gasteiger partial charge in [0.1, 0.15) is 6.61 Å². The molecule has 0 unspecified atom stereocenters. The van der Waals surface area contributed by atoms with E-state index in [0.717, 1.165) is 0 Å². The van der Waals surface area contributed by atoms with Crippen molar-refractivity contribution in [1.82, 2.24) is 0 Å². The molecule has 2 N–H and O–H groups in total. The summed E-state index contributed by atoms with van der Waals surface area (Å²) in [4.78, 5) is 24.7. The minimum Gasteiger partial charge on any atom is -0.371 e. The number of rotatable bonds is 7. The van der Waals surface area contributed by atoms with Gasteiger partial charge in [-0.15, -0.1) is 0 Å². The number of hydrogen-bond acceptors (Lipinski definition) is 3. The summed E-state index contributed by atoms with van der Waals surface area (Å²) in [6.45, 7) is 7.06. The number of hydrogen-bond donors (Lipinski definition) is 2. The van der Waals surface area contributed by atoms with Crippen molar-refractivity contribution >= 4 is 23.2 Å². The van der Waals surface area contributed by atoms with Crippen LogP contribution in [0.15, 0.2) is 48.5 Å². The van der Waals surface area contributed by atoms with Gasteiger partial charge in [-0.05, 0) is 54.0 Å². The number of ether oxygens (including phenoxy) is 1. The average Bonchev–Trinajstić information content (AvgIpc) is 3.47. The van der Waals surface area contributed by atoms with Crippen LogP contribution in [0.5, 0.6) is 0 Å². The first-order valence-corrected chi connectivity index (χ1v) is 9.71. The minimum atomic E-state index is -0.225. The van der Waals surface area contributed by atoms with Gasteiger partial charge in [0.05, 0.1) is 18.0 Å². The van der Waals surface area contributed by atoms with Crippen molar-refractivity contribution in [1.29, 1.82) is 0 Å². The number of amides is 2. The van der Waals surface area contributed by atoms with Crippen LogP contribution in [0.3, 0.4) is 0 Å². The number of carbonyl (C=O) groups is 2. The molecule has 0 aliphatic heterocycles. The van der Waals surface area contributed by atoms with E-state index >= 15 is 0 Å². The molecule has 1 aliphatic rings. The fourth-order valence-electron chi connectivity index (χ4n) is 2.81. The van der Waals surface area contributed by atoms with Crippen LogP contribution in [0, 0.1) is 5.92 Å². The van der Waals surface area contributed by atoms with Gasteiger partial charge >= 0.3 is 0 Å². The zero-order valence-electron chi connectivity index (χ0n) is 16.7. The van der Waals surface area contributed by atoms with Gasteiger partial charge in [0.15, 0.2) is 0 Å². The quantitative estimate of drug-likeness (QED) is 0.737. The predicted molar refractivity (Wildman–Crippen MR) is 112 cm³/mol. The standard InChI is InChI=1S/C23H28N2O3/c1-23(2,3)18-12-10-17(11-13-18)22(27)25-20-7-5-4-6-19(20)24-21(26)15-28-14-16-8-9-16/h4-7,10-13,16H,8-9,14-15H2,1-3H3,(H,24,26)(H,25,27). The van der Waals surface area contributed by atoms with Crippen LogP contribution in [0.25, 0.3) is 0 Å². The maximum Gasteiger partial charge on any atom is 0.255 e. The maximum atomic E-state index is 12.6. The normalized spacial score (nSPS) is 13.8. The highest BCUT2D eigenvalue weighted by Gasteiger charge is 2.21. The Balaban J connectivity index is 1.61. The van der Waals surface area contributed by atoms with Gasteiger partial charge in [-0.25, -0.2) is 0 Å². The highest BCUT2D eigenvalue weighted by atomic mass is 16.5. The van der Waals surface area contributed by atoms with Crippen molar-refractivity contribution in [2.45, 2.75) is 39.0 Å². The third kappa shape index (κ3) is 5.67. The Morgan fingerprint density at radius 1 is 0.964 bits per heavy atom. The first kappa shape index (κ1) is 20.1. The second kappa shape index (κ2) is 8.57. The Hall–Kier alpha value is -2.66. The zero-order valence-corrected chi connectivity index (χ0v) is 16.7. The van der Waals surface area contributed by atoms with Crippen LogP contribution in [0.2, 0.25) is 0 Å². The Kier molecular flexibility index (Phi) is 6.15. The number of benzene rings is 2. The molecule has 0 aromatic heterocycles. The molecule has 1 saturated carbocycles. The smallest absolute Gasteiger partial charge is 0.255 e. The van der Waals surface area contributed by atoms with Crippen molar-refractivity contribution in [3.05, 3.63) is 59.7 Å². The molecule has 0 radical (unpaired) electrons. The van der Waals surface area contributed by atoms with E-state index in [4.69, 9.17) is 4.74 Å². The highest BCUT2D eigenvalue weighted by molar-refractivity contribution is 6.07. The molecule has 2 amide bonds. The van der Waals surface area contributed by atoms with E-state index in [0.29, 0.717) is 29.5 Å². The molecule has 5 heteroatoms. The number of anilines is 2. The van der Waals surface area contributed by atoms with Gasteiger partial charge in [0.25, 0.3) is 5.91 Å². The van der Waals surface area contributed by atoms with Crippen molar-refractivity contribution < 1.29 is 14.3 Å². The molecule has 1 fully saturated rings. The van der Waals surface area contributed by atoms with E-state index in [1.165, 1.54) is 18.4 Å². The predicted octanol–water partition coefficient (Wildman–Crippen LogP) is 4.60. The summed E-state index contributed by atoms with van der Waals surface area (Å²) in [5.74, 6) is 0.174. The second-order valence-corrected chi connectivity index (χ2v) is 8.33. The average molecular weight is 380 g/mol. The van der Waals surface area contributed by atoms with Gasteiger partial charge in [-0.1, -0.05) is 45.0 Å². The molecule has 28 heavy (non-hydrogen) atoms. The van der Waals surface area contributed by atoms with E-state index in [2.05, 4.69) is 31.4 Å². The molecule has 5 nitrogen and oxygen atoms in total. The lowest BCUT2D eigenvalue weighted by molar-refractivity contribution is -0.120. The first-order valence-electron chi connectivity index (χ1n) is 9.71. The van der Waals surface area contributed by atoms with Crippen LogP contribution < -0.4 is 10.6 Å². The first-order chi connectivity index (χ1) is 13.3. The van der Waals surface area contributed by atoms with Crippen LogP contribution in [-0.2, 0) is 14.9 Å². The van der Waals surface area contributed by atoms with E-state index in [9.17, 15) is 9.59 Å². The van der Waals surface area contributed by atoms with Gasteiger partial charge in [-0.2, -0.15) is 0 Å². The molecule has 0 bridgehead atoms. The van der Waals surface area contributed by atoms with Crippen molar-refractivity contribution in [2.24, 2.45) is 5.92 Å². The Bertz CT molecular complexity index is 834. The molecule has 2 aromatic rings. The van der Waals surface area contributed by atoms with Crippen LogP contribution in [-0.4, -0.2) is 25.0 Å². The molecular formula is C23H28N2O3. The van der Waals surface area contributed by atoms with Crippen LogP contribution >= 0.6 is 0 Å². The molecule has 0 saturated heterocycles. The molecular weight excluding hydrogens is 352 g/mol. The zero-order chi connectivity index (χ0) is 20.1. The van der Waals surface area contributed by atoms with Gasteiger partial charge in [0, 0.05) is 5.56 Å². The summed E-state index contributed by atoms with van der Waals surface area (Å²) in [6.07, 6.45) is 2.38. The lowest BCUT2D eigenvalue weighted by atomic mass is 9.87. The van der Waals surface area contributed by atoms with Crippen molar-refractivity contribution in [2.75, 3.05) is 23.8 Å². The van der Waals surface area contributed by atoms with Crippen LogP contribution in [0.4, 0.5) is 11.4 Å². The monoisotopic (exact) mass is 380 g/mol. The summed E-state index contributed by atoms with van der Waals surface area (Å²) in [5.41, 5.74) is 2.89. The number of para-hydroxylation sites is 2. The molecule has 1 aliphatic carbocycles. The Labute approximate surface area is 166 Å². The molecule has 0 heterocycles. The lowest BCUT2D eigenvalue weighted by Crippen LogP contribution is -2.21. The van der Waals surface area contributed by atoms with E-state index < -0.39 is 0 Å². The SMILES string of the molecule is CC(C)(C)c1ccc(C(=O)Nc2ccccc2NC(=O)COCC2CC2)cc1. The molecule has 2 aromatic carbocycles. The third-order valence-corrected chi connectivity index (χ3v) is 4.75. The second-order valence-electron chi connectivity index (χ2n) is 8.33. The Morgan fingerprint density at radius 3 is 2.14 bits per heavy atom. The Morgan fingerprint density at radius 2 is 1.57 bits per heavy atom.